The molecule has 5 aromatic rings. The van der Waals surface area contributed by atoms with Crippen LogP contribution < -0.4 is 27.0 Å². The minimum absolute atomic E-state index is 0.0297. The first-order valence-electron chi connectivity index (χ1n) is 24.4. The average Bonchev–Trinajstić information content (AvgIpc) is 3.34. The van der Waals surface area contributed by atoms with Gasteiger partial charge in [-0.1, -0.05) is 6.07 Å². The van der Waals surface area contributed by atoms with Crippen molar-refractivity contribution in [1.82, 2.24) is 34.2 Å². The second-order valence-corrected chi connectivity index (χ2v) is 19.9. The molecule has 4 fully saturated rings. The first-order valence-corrected chi connectivity index (χ1v) is 24.4. The third-order valence-electron chi connectivity index (χ3n) is 15.5. The number of likely N-dealkylation sites (tertiary alicyclic amines) is 1. The van der Waals surface area contributed by atoms with Gasteiger partial charge in [0.1, 0.15) is 17.4 Å². The number of alkyl halides is 3. The molecule has 0 radical (unpaired) electrons. The number of methoxy groups -OCH3 is 1. The molecule has 2 aliphatic carbocycles. The summed E-state index contributed by atoms with van der Waals surface area (Å²) < 4.78 is 48.1. The summed E-state index contributed by atoms with van der Waals surface area (Å²) in [5, 5.41) is 4.08. The van der Waals surface area contributed by atoms with E-state index in [1.54, 1.807) is 45.2 Å². The highest BCUT2D eigenvalue weighted by Crippen LogP contribution is 2.47. The lowest BCUT2D eigenvalue weighted by Gasteiger charge is -2.47. The van der Waals surface area contributed by atoms with Crippen LogP contribution in [0.3, 0.4) is 0 Å². The van der Waals surface area contributed by atoms with E-state index in [9.17, 15) is 32.3 Å². The summed E-state index contributed by atoms with van der Waals surface area (Å²) in [6.45, 7) is 9.26. The number of piperazine rings is 1. The number of rotatable bonds is 10. The van der Waals surface area contributed by atoms with Gasteiger partial charge in [0, 0.05) is 86.7 Å². The van der Waals surface area contributed by atoms with Crippen molar-refractivity contribution in [2.24, 2.45) is 17.3 Å². The van der Waals surface area contributed by atoms with Crippen molar-refractivity contribution in [3.05, 3.63) is 116 Å². The summed E-state index contributed by atoms with van der Waals surface area (Å²) in [5.74, 6) is 2.69. The lowest BCUT2D eigenvalue weighted by Crippen LogP contribution is -2.52. The van der Waals surface area contributed by atoms with E-state index in [-0.39, 0.29) is 34.8 Å². The Kier molecular flexibility index (Phi) is 13.6. The van der Waals surface area contributed by atoms with Gasteiger partial charge in [-0.05, 0) is 149 Å². The van der Waals surface area contributed by atoms with Gasteiger partial charge in [0.15, 0.2) is 0 Å². The fraction of sp³-hybridized carbons (Fsp3) is 0.500. The Bertz CT molecular complexity index is 2810. The number of piperidine rings is 1. The number of H-pyrrole nitrogens is 1. The van der Waals surface area contributed by atoms with Gasteiger partial charge in [0.25, 0.3) is 11.5 Å². The summed E-state index contributed by atoms with van der Waals surface area (Å²) >= 11 is 0. The topological polar surface area (TPSA) is 172 Å². The Morgan fingerprint density at radius 2 is 1.61 bits per heavy atom. The third-order valence-corrected chi connectivity index (χ3v) is 15.5. The van der Waals surface area contributed by atoms with E-state index in [0.717, 1.165) is 94.3 Å². The molecule has 2 aromatic heterocycles. The maximum atomic E-state index is 13.9. The number of nitrogens with two attached hydrogens (primary N) is 1. The highest BCUT2D eigenvalue weighted by atomic mass is 19.4. The average molecular weight is 950 g/mol. The van der Waals surface area contributed by atoms with Gasteiger partial charge < -0.3 is 25.6 Å². The van der Waals surface area contributed by atoms with E-state index in [0.29, 0.717) is 58.7 Å². The predicted octanol–water partition coefficient (Wildman–Crippen LogP) is 8.09. The number of nitrogens with one attached hydrogen (secondary N) is 2. The molecule has 2 saturated carbocycles. The summed E-state index contributed by atoms with van der Waals surface area (Å²) in [6, 6.07) is 15.3. The summed E-state index contributed by atoms with van der Waals surface area (Å²) in [5.41, 5.74) is 7.48. The standard InChI is InChI=1S/C52H62F3N9O5/c1-32(38-25-39(52(53,54)55)28-40(56)26-38)57-47-43-29-42(45(69-3)30-44(43)58-33(2)59-47)35-7-9-36(10-8-35)48(66)63-23-21-61(22-24-63)31-34-11-14-51(15-12-34)16-19-62(20-17-51)49(67)37-5-4-6-41(27-37)64-18-13-46(65)60-50(64)68/h4-6,13,18,25-30,32,34-36H,7-12,14-17,19-24,31,56H2,1-3H3,(H,57,58,59)(H,60,65,68)/t32-,35?,36?/m1/s1. The molecule has 1 atom stereocenters. The van der Waals surface area contributed by atoms with Gasteiger partial charge in [-0.3, -0.25) is 28.8 Å². The van der Waals surface area contributed by atoms with Crippen LogP contribution in [-0.4, -0.2) is 99.0 Å². The van der Waals surface area contributed by atoms with E-state index in [1.807, 2.05) is 17.0 Å². The zero-order chi connectivity index (χ0) is 48.6. The Hall–Kier alpha value is -6.23. The number of aryl methyl sites for hydroxylation is 1. The van der Waals surface area contributed by atoms with E-state index >= 15 is 0 Å². The summed E-state index contributed by atoms with van der Waals surface area (Å²) in [7, 11) is 1.64. The zero-order valence-electron chi connectivity index (χ0n) is 39.6. The number of ether oxygens (including phenoxy) is 1. The van der Waals surface area contributed by atoms with Crippen LogP contribution in [-0.2, 0) is 11.0 Å². The fourth-order valence-corrected chi connectivity index (χ4v) is 11.4. The van der Waals surface area contributed by atoms with Crippen molar-refractivity contribution in [3.63, 3.8) is 0 Å². The number of hydrogen-bond donors (Lipinski definition) is 3. The van der Waals surface area contributed by atoms with Crippen molar-refractivity contribution < 1.29 is 27.5 Å². The normalized spacial score (nSPS) is 20.8. The number of benzene rings is 3. The fourth-order valence-electron chi connectivity index (χ4n) is 11.4. The van der Waals surface area contributed by atoms with Crippen LogP contribution >= 0.6 is 0 Å². The lowest BCUT2D eigenvalue weighted by atomic mass is 9.65. The van der Waals surface area contributed by atoms with Crippen LogP contribution in [0.15, 0.2) is 76.4 Å². The van der Waals surface area contributed by atoms with Gasteiger partial charge in [-0.2, -0.15) is 13.2 Å². The second kappa shape index (κ2) is 19.6. The maximum absolute atomic E-state index is 13.9. The van der Waals surface area contributed by atoms with Crippen LogP contribution in [0, 0.1) is 24.2 Å². The molecule has 69 heavy (non-hydrogen) atoms. The molecule has 366 valence electrons. The van der Waals surface area contributed by atoms with Gasteiger partial charge in [0.05, 0.1) is 29.9 Å². The number of nitrogen functional groups attached to an aromatic ring is 1. The molecule has 4 N–H and O–H groups in total. The van der Waals surface area contributed by atoms with Crippen LogP contribution in [0.1, 0.15) is 116 Å². The number of nitrogens with zero attached hydrogens (tertiary/aromatic N) is 6. The van der Waals surface area contributed by atoms with E-state index in [1.165, 1.54) is 48.6 Å². The Balaban J connectivity index is 0.739. The van der Waals surface area contributed by atoms with Gasteiger partial charge in [-0.15, -0.1) is 0 Å². The summed E-state index contributed by atoms with van der Waals surface area (Å²) in [4.78, 5) is 69.6. The molecule has 0 bridgehead atoms. The smallest absolute Gasteiger partial charge is 0.416 e. The van der Waals surface area contributed by atoms with Crippen LogP contribution in [0.2, 0.25) is 0 Å². The minimum Gasteiger partial charge on any atom is -0.496 e. The Morgan fingerprint density at radius 1 is 0.884 bits per heavy atom. The zero-order valence-corrected chi connectivity index (χ0v) is 39.6. The minimum atomic E-state index is -4.53. The number of hydrogen-bond acceptors (Lipinski definition) is 10. The number of anilines is 2. The van der Waals surface area contributed by atoms with Gasteiger partial charge >= 0.3 is 11.9 Å². The second-order valence-electron chi connectivity index (χ2n) is 19.9. The molecule has 9 rings (SSSR count). The number of carbonyl (C=O) groups is 2. The molecular formula is C52H62F3N9O5. The molecule has 14 nitrogen and oxygen atoms in total. The number of halogens is 3. The Labute approximate surface area is 399 Å². The first-order chi connectivity index (χ1) is 33.0. The monoisotopic (exact) mass is 949 g/mol. The molecule has 3 aromatic carbocycles. The SMILES string of the molecule is COc1cc2nc(C)nc(N[C@H](C)c3cc(N)cc(C(F)(F)F)c3)c2cc1C1CCC(C(=O)N2CCN(CC3CCC4(CC3)CCN(C(=O)c3cccc(-n5ccc(=O)[nH]c5=O)c3)CC4)CC2)CC1. The molecular weight excluding hydrogens is 888 g/mol. The lowest BCUT2D eigenvalue weighted by molar-refractivity contribution is -0.139. The third kappa shape index (κ3) is 10.5. The molecule has 2 amide bonds. The van der Waals surface area contributed by atoms with E-state index in [2.05, 4.69) is 30.1 Å². The van der Waals surface area contributed by atoms with Crippen molar-refractivity contribution >= 4 is 34.2 Å². The quantitative estimate of drug-likeness (QED) is 0.116. The molecule has 2 aliphatic heterocycles. The number of aromatic nitrogens is 4. The highest BCUT2D eigenvalue weighted by Gasteiger charge is 2.40. The maximum Gasteiger partial charge on any atom is 0.416 e. The molecule has 4 aliphatic rings. The first kappa shape index (κ1) is 47.8. The van der Waals surface area contributed by atoms with E-state index in [4.69, 9.17) is 10.5 Å². The summed E-state index contributed by atoms with van der Waals surface area (Å²) in [6.07, 6.45) is 6.74. The molecule has 4 heterocycles. The number of amides is 2. The largest absolute Gasteiger partial charge is 0.496 e. The van der Waals surface area contributed by atoms with Crippen LogP contribution in [0.25, 0.3) is 16.6 Å². The van der Waals surface area contributed by atoms with Crippen molar-refractivity contribution in [3.8, 4) is 11.4 Å². The molecule has 17 heteroatoms. The number of carbonyl (C=O) groups excluding carboxylic acids is 2. The van der Waals surface area contributed by atoms with Crippen molar-refractivity contribution in [2.45, 2.75) is 96.2 Å². The number of fused-ring (bicyclic) bond motifs is 1. The van der Waals surface area contributed by atoms with E-state index < -0.39 is 29.0 Å². The van der Waals surface area contributed by atoms with Crippen molar-refractivity contribution in [2.75, 3.05) is 64.0 Å². The van der Waals surface area contributed by atoms with Gasteiger partial charge in [-0.25, -0.2) is 14.8 Å². The molecule has 1 spiro atoms. The molecule has 0 unspecified atom stereocenters. The Morgan fingerprint density at radius 3 is 2.29 bits per heavy atom. The van der Waals surface area contributed by atoms with Crippen molar-refractivity contribution in [1.29, 1.82) is 0 Å². The van der Waals surface area contributed by atoms with Crippen LogP contribution in [0.5, 0.6) is 5.75 Å². The highest BCUT2D eigenvalue weighted by molar-refractivity contribution is 5.95. The van der Waals surface area contributed by atoms with Gasteiger partial charge in [0.2, 0.25) is 5.91 Å². The van der Waals surface area contributed by atoms with Crippen LogP contribution in [0.4, 0.5) is 24.7 Å². The number of aromatic amines is 1. The predicted molar refractivity (Wildman–Crippen MR) is 259 cm³/mol. The molecule has 2 saturated heterocycles.